The summed E-state index contributed by atoms with van der Waals surface area (Å²) in [7, 11) is 0. The van der Waals surface area contributed by atoms with Crippen molar-refractivity contribution in [3.63, 3.8) is 0 Å². The molecule has 1 aliphatic carbocycles. The van der Waals surface area contributed by atoms with Crippen molar-refractivity contribution < 1.29 is 1.43 Å². The molecule has 0 N–H and O–H groups in total. The molecule has 0 bridgehead atoms. The van der Waals surface area contributed by atoms with Crippen molar-refractivity contribution in [1.82, 2.24) is 0 Å². The van der Waals surface area contributed by atoms with E-state index in [0.29, 0.717) is 0 Å². The number of benzene rings is 1. The third-order valence-corrected chi connectivity index (χ3v) is 4.09. The highest BCUT2D eigenvalue weighted by Crippen LogP contribution is 2.29. The van der Waals surface area contributed by atoms with E-state index >= 15 is 0 Å². The lowest BCUT2D eigenvalue weighted by Crippen LogP contribution is -1.86. The van der Waals surface area contributed by atoms with E-state index in [2.05, 4.69) is 91.1 Å². The molecule has 0 nitrogen and oxygen atoms in total. The van der Waals surface area contributed by atoms with Crippen molar-refractivity contribution in [2.45, 2.75) is 88.0 Å². The lowest BCUT2D eigenvalue weighted by molar-refractivity contribution is 0.644. The molecule has 0 radical (unpaired) electrons. The molecule has 160 valence electrons. The van der Waals surface area contributed by atoms with Crippen LogP contribution in [0, 0.1) is 5.92 Å². The van der Waals surface area contributed by atoms with E-state index in [1.165, 1.54) is 47.1 Å². The topological polar surface area (TPSA) is 0 Å². The molecule has 0 unspecified atom stereocenters. The van der Waals surface area contributed by atoms with Crippen LogP contribution in [-0.2, 0) is 0 Å². The van der Waals surface area contributed by atoms with Crippen molar-refractivity contribution in [3.8, 4) is 0 Å². The monoisotopic (exact) mass is 384 g/mol. The Morgan fingerprint density at radius 2 is 1.61 bits per heavy atom. The average Bonchev–Trinajstić information content (AvgIpc) is 3.09. The second-order valence-corrected chi connectivity index (χ2v) is 7.66. The van der Waals surface area contributed by atoms with Gasteiger partial charge in [-0.3, -0.25) is 0 Å². The number of hydrogen-bond donors (Lipinski definition) is 0. The first-order valence-corrected chi connectivity index (χ1v) is 11.0. The first-order chi connectivity index (χ1) is 13.2. The van der Waals surface area contributed by atoms with E-state index < -0.39 is 0 Å². The predicted octanol–water partition coefficient (Wildman–Crippen LogP) is 10.1. The summed E-state index contributed by atoms with van der Waals surface area (Å²) in [6, 6.07) is 8.60. The van der Waals surface area contributed by atoms with Gasteiger partial charge in [0.15, 0.2) is 0 Å². The minimum Gasteiger partial charge on any atom is -0.100 e. The minimum atomic E-state index is 0. The second-order valence-electron chi connectivity index (χ2n) is 7.66. The lowest BCUT2D eigenvalue weighted by atomic mass is 9.98. The summed E-state index contributed by atoms with van der Waals surface area (Å²) in [5.41, 5.74) is 7.70. The van der Waals surface area contributed by atoms with Crippen LogP contribution in [0.1, 0.15) is 101 Å². The molecule has 0 fully saturated rings. The molecule has 1 aromatic rings. The van der Waals surface area contributed by atoms with Crippen molar-refractivity contribution in [3.05, 3.63) is 71.8 Å². The van der Waals surface area contributed by atoms with E-state index in [1.54, 1.807) is 0 Å². The molecule has 0 aromatic heterocycles. The van der Waals surface area contributed by atoms with Crippen LogP contribution >= 0.6 is 0 Å². The molecule has 2 rings (SSSR count). The molecule has 0 aliphatic heterocycles. The van der Waals surface area contributed by atoms with Gasteiger partial charge in [0, 0.05) is 1.43 Å². The average molecular weight is 385 g/mol. The van der Waals surface area contributed by atoms with Crippen molar-refractivity contribution in [2.24, 2.45) is 5.92 Å². The van der Waals surface area contributed by atoms with Gasteiger partial charge in [-0.15, -0.1) is 6.58 Å². The maximum atomic E-state index is 3.98. The van der Waals surface area contributed by atoms with Gasteiger partial charge in [0.25, 0.3) is 0 Å². The summed E-state index contributed by atoms with van der Waals surface area (Å²) < 4.78 is 0. The molecule has 0 saturated heterocycles. The van der Waals surface area contributed by atoms with Gasteiger partial charge in [-0.1, -0.05) is 102 Å². The van der Waals surface area contributed by atoms with Gasteiger partial charge in [-0.25, -0.2) is 0 Å². The molecule has 1 aliphatic rings. The predicted molar refractivity (Wildman–Crippen MR) is 136 cm³/mol. The molecule has 0 atom stereocenters. The van der Waals surface area contributed by atoms with E-state index in [9.17, 15) is 0 Å². The van der Waals surface area contributed by atoms with Crippen LogP contribution in [0.2, 0.25) is 0 Å². The van der Waals surface area contributed by atoms with Crippen molar-refractivity contribution in [2.75, 3.05) is 0 Å². The van der Waals surface area contributed by atoms with Gasteiger partial charge in [-0.2, -0.15) is 0 Å². The molecule has 1 aromatic carbocycles. The fourth-order valence-corrected chi connectivity index (χ4v) is 2.62. The van der Waals surface area contributed by atoms with E-state index in [4.69, 9.17) is 0 Å². The highest BCUT2D eigenvalue weighted by molar-refractivity contribution is 5.82. The molecular weight excluding hydrogens is 336 g/mol. The fourth-order valence-electron chi connectivity index (χ4n) is 2.62. The van der Waals surface area contributed by atoms with E-state index in [0.717, 1.165) is 17.9 Å². The normalized spacial score (nSPS) is 11.6. The summed E-state index contributed by atoms with van der Waals surface area (Å²) in [6.07, 6.45) is 9.42. The van der Waals surface area contributed by atoms with Crippen molar-refractivity contribution >= 4 is 11.1 Å². The van der Waals surface area contributed by atoms with Gasteiger partial charge in [0.05, 0.1) is 0 Å². The number of unbranched alkanes of at least 4 members (excludes halogenated alkanes) is 1. The second kappa shape index (κ2) is 17.3. The zero-order valence-corrected chi connectivity index (χ0v) is 20.3. The molecule has 0 amide bonds. The quantitative estimate of drug-likeness (QED) is 0.443. The largest absolute Gasteiger partial charge is 0.100 e. The van der Waals surface area contributed by atoms with Crippen LogP contribution in [-0.4, -0.2) is 0 Å². The Kier molecular flexibility index (Phi) is 17.5. The zero-order chi connectivity index (χ0) is 22.1. The third kappa shape index (κ3) is 13.4. The summed E-state index contributed by atoms with van der Waals surface area (Å²) in [5, 5.41) is 0. The smallest absolute Gasteiger partial charge is 0 e. The molecule has 0 saturated carbocycles. The van der Waals surface area contributed by atoms with Crippen LogP contribution in [0.3, 0.4) is 0 Å². The van der Waals surface area contributed by atoms with Crippen LogP contribution in [0.5, 0.6) is 0 Å². The Hall–Kier alpha value is -1.82. The van der Waals surface area contributed by atoms with E-state index in [1.807, 2.05) is 20.8 Å². The molecule has 28 heavy (non-hydrogen) atoms. The Labute approximate surface area is 178 Å². The Morgan fingerprint density at radius 1 is 1.04 bits per heavy atom. The first kappa shape index (κ1) is 28.4. The maximum absolute atomic E-state index is 3.98. The number of allylic oxidation sites excluding steroid dienone is 6. The maximum Gasteiger partial charge on any atom is 0 e. The molecule has 0 heteroatoms. The van der Waals surface area contributed by atoms with Crippen LogP contribution in [0.15, 0.2) is 60.7 Å². The van der Waals surface area contributed by atoms with Crippen LogP contribution < -0.4 is 0 Å². The Morgan fingerprint density at radius 3 is 1.93 bits per heavy atom. The first-order valence-electron chi connectivity index (χ1n) is 11.0. The fraction of sp³-hybridized carbons (Fsp3) is 0.500. The Balaban J connectivity index is -0.000000409. The third-order valence-electron chi connectivity index (χ3n) is 4.09. The van der Waals surface area contributed by atoms with Gasteiger partial charge in [0.2, 0.25) is 0 Å². The van der Waals surface area contributed by atoms with Gasteiger partial charge < -0.3 is 0 Å². The van der Waals surface area contributed by atoms with E-state index in [-0.39, 0.29) is 1.43 Å². The van der Waals surface area contributed by atoms with Crippen LogP contribution in [0.25, 0.3) is 11.1 Å². The molecule has 0 heterocycles. The zero-order valence-electron chi connectivity index (χ0n) is 20.3. The van der Waals surface area contributed by atoms with Crippen molar-refractivity contribution in [1.29, 1.82) is 0 Å². The van der Waals surface area contributed by atoms with Gasteiger partial charge >= 0.3 is 0 Å². The SMILES string of the molecule is C=C(C)CC(C)C.C=C(C)c1cccc(C2=CCC=C2C)c1.CC.CCCC.[HH]. The highest BCUT2D eigenvalue weighted by atomic mass is 14.1. The highest BCUT2D eigenvalue weighted by Gasteiger charge is 2.08. The van der Waals surface area contributed by atoms with Gasteiger partial charge in [-0.05, 0) is 67.9 Å². The summed E-state index contributed by atoms with van der Waals surface area (Å²) in [5.74, 6) is 0.775. The number of rotatable bonds is 5. The van der Waals surface area contributed by atoms with Gasteiger partial charge in [0.1, 0.15) is 0 Å². The summed E-state index contributed by atoms with van der Waals surface area (Å²) in [4.78, 5) is 0. The summed E-state index contributed by atoms with van der Waals surface area (Å²) >= 11 is 0. The molecule has 0 spiro atoms. The lowest BCUT2D eigenvalue weighted by Gasteiger charge is -2.07. The minimum absolute atomic E-state index is 0. The summed E-state index contributed by atoms with van der Waals surface area (Å²) in [6.45, 7) is 26.8. The number of hydrogen-bond acceptors (Lipinski definition) is 0. The molecular formula is C28H48. The Bertz CT molecular complexity index is 627. The standard InChI is InChI=1S/C15H16.C7H14.C4H10.C2H6.H2/c1-11(2)13-7-5-8-14(10-13)15-9-4-6-12(15)3;1-6(2)5-7(3)4;1-3-4-2;1-2;/h5-10H,1,4H2,2-3H3;7H,1,5H2,2-4H3;3-4H2,1-2H3;1-2H3;1H. The van der Waals surface area contributed by atoms with Crippen LogP contribution in [0.4, 0.5) is 0 Å².